The molecule has 0 radical (unpaired) electrons. The SMILES string of the molecule is CC1(OCC2CCC(COC3(C)CCCC3)CC2)CCCC1. The minimum absolute atomic E-state index is 0.205. The van der Waals surface area contributed by atoms with Crippen LogP contribution in [0.2, 0.25) is 0 Å². The van der Waals surface area contributed by atoms with Crippen LogP contribution in [0.1, 0.15) is 90.9 Å². The smallest absolute Gasteiger partial charge is 0.0654 e. The Morgan fingerprint density at radius 3 is 1.27 bits per heavy atom. The van der Waals surface area contributed by atoms with Gasteiger partial charge in [-0.05, 0) is 77.0 Å². The highest BCUT2D eigenvalue weighted by Crippen LogP contribution is 2.37. The lowest BCUT2D eigenvalue weighted by Crippen LogP contribution is -2.31. The first-order valence-electron chi connectivity index (χ1n) is 9.85. The second-order valence-corrected chi connectivity index (χ2v) is 8.82. The summed E-state index contributed by atoms with van der Waals surface area (Å²) in [7, 11) is 0. The number of rotatable bonds is 6. The Bertz CT molecular complexity index is 298. The van der Waals surface area contributed by atoms with Gasteiger partial charge in [0.1, 0.15) is 0 Å². The molecule has 2 heteroatoms. The molecule has 128 valence electrons. The molecular formula is C20H36O2. The van der Waals surface area contributed by atoms with Crippen molar-refractivity contribution >= 4 is 0 Å². The maximum absolute atomic E-state index is 6.29. The van der Waals surface area contributed by atoms with Gasteiger partial charge in [0, 0.05) is 0 Å². The molecule has 0 aliphatic heterocycles. The van der Waals surface area contributed by atoms with Crippen LogP contribution in [0.3, 0.4) is 0 Å². The topological polar surface area (TPSA) is 18.5 Å². The van der Waals surface area contributed by atoms with Gasteiger partial charge in [-0.15, -0.1) is 0 Å². The van der Waals surface area contributed by atoms with Crippen molar-refractivity contribution < 1.29 is 9.47 Å². The third-order valence-electron chi connectivity index (χ3n) is 6.62. The third kappa shape index (κ3) is 4.47. The van der Waals surface area contributed by atoms with Crippen molar-refractivity contribution in [3.63, 3.8) is 0 Å². The van der Waals surface area contributed by atoms with Crippen LogP contribution < -0.4 is 0 Å². The second-order valence-electron chi connectivity index (χ2n) is 8.82. The van der Waals surface area contributed by atoms with E-state index in [9.17, 15) is 0 Å². The fourth-order valence-corrected chi connectivity index (χ4v) is 4.74. The van der Waals surface area contributed by atoms with Crippen LogP contribution in [-0.2, 0) is 9.47 Å². The van der Waals surface area contributed by atoms with Crippen molar-refractivity contribution in [1.29, 1.82) is 0 Å². The summed E-state index contributed by atoms with van der Waals surface area (Å²) >= 11 is 0. The van der Waals surface area contributed by atoms with E-state index in [1.165, 1.54) is 77.0 Å². The van der Waals surface area contributed by atoms with Crippen LogP contribution >= 0.6 is 0 Å². The zero-order valence-corrected chi connectivity index (χ0v) is 14.9. The van der Waals surface area contributed by atoms with Crippen molar-refractivity contribution in [1.82, 2.24) is 0 Å². The Balaban J connectivity index is 1.32. The molecule has 3 aliphatic carbocycles. The second kappa shape index (κ2) is 7.21. The average Bonchev–Trinajstić information content (AvgIpc) is 3.14. The lowest BCUT2D eigenvalue weighted by molar-refractivity contribution is -0.0652. The molecule has 0 unspecified atom stereocenters. The van der Waals surface area contributed by atoms with E-state index in [0.29, 0.717) is 0 Å². The van der Waals surface area contributed by atoms with E-state index in [-0.39, 0.29) is 11.2 Å². The molecule has 3 saturated carbocycles. The van der Waals surface area contributed by atoms with Crippen LogP contribution in [0.15, 0.2) is 0 Å². The zero-order valence-electron chi connectivity index (χ0n) is 14.9. The Labute approximate surface area is 137 Å². The molecule has 0 amide bonds. The molecule has 0 atom stereocenters. The molecule has 0 spiro atoms. The lowest BCUT2D eigenvalue weighted by atomic mass is 9.82. The molecule has 0 N–H and O–H groups in total. The zero-order chi connectivity index (χ0) is 15.5. The summed E-state index contributed by atoms with van der Waals surface area (Å²) in [6.45, 7) is 6.65. The molecule has 3 rings (SSSR count). The molecule has 22 heavy (non-hydrogen) atoms. The van der Waals surface area contributed by atoms with Gasteiger partial charge in [-0.1, -0.05) is 25.7 Å². The quantitative estimate of drug-likeness (QED) is 0.646. The Kier molecular flexibility index (Phi) is 5.50. The Morgan fingerprint density at radius 1 is 0.636 bits per heavy atom. The number of hydrogen-bond donors (Lipinski definition) is 0. The molecule has 0 aromatic rings. The fourth-order valence-electron chi connectivity index (χ4n) is 4.74. The number of ether oxygens (including phenoxy) is 2. The van der Waals surface area contributed by atoms with Gasteiger partial charge in [0.2, 0.25) is 0 Å². The highest BCUT2D eigenvalue weighted by atomic mass is 16.5. The maximum Gasteiger partial charge on any atom is 0.0654 e. The molecule has 0 aromatic carbocycles. The lowest BCUT2D eigenvalue weighted by Gasteiger charge is -2.33. The average molecular weight is 309 g/mol. The maximum atomic E-state index is 6.29. The third-order valence-corrected chi connectivity index (χ3v) is 6.62. The molecular weight excluding hydrogens is 272 g/mol. The van der Waals surface area contributed by atoms with Gasteiger partial charge in [0.05, 0.1) is 24.4 Å². The first kappa shape index (κ1) is 16.8. The van der Waals surface area contributed by atoms with Crippen molar-refractivity contribution in [3.8, 4) is 0 Å². The highest BCUT2D eigenvalue weighted by molar-refractivity contribution is 4.84. The van der Waals surface area contributed by atoms with Gasteiger partial charge in [0.15, 0.2) is 0 Å². The van der Waals surface area contributed by atoms with Gasteiger partial charge in [-0.2, -0.15) is 0 Å². The Morgan fingerprint density at radius 2 is 0.955 bits per heavy atom. The van der Waals surface area contributed by atoms with E-state index >= 15 is 0 Å². The summed E-state index contributed by atoms with van der Waals surface area (Å²) in [6, 6.07) is 0. The minimum Gasteiger partial charge on any atom is -0.375 e. The van der Waals surface area contributed by atoms with E-state index in [2.05, 4.69) is 13.8 Å². The predicted molar refractivity (Wildman–Crippen MR) is 91.1 cm³/mol. The van der Waals surface area contributed by atoms with Crippen molar-refractivity contribution in [2.24, 2.45) is 11.8 Å². The largest absolute Gasteiger partial charge is 0.375 e. The molecule has 0 saturated heterocycles. The summed E-state index contributed by atoms with van der Waals surface area (Å²) in [4.78, 5) is 0. The summed E-state index contributed by atoms with van der Waals surface area (Å²) in [6.07, 6.45) is 15.9. The normalized spacial score (nSPS) is 34.1. The minimum atomic E-state index is 0.205. The van der Waals surface area contributed by atoms with Crippen molar-refractivity contribution in [2.45, 2.75) is 102 Å². The van der Waals surface area contributed by atoms with Crippen molar-refractivity contribution in [3.05, 3.63) is 0 Å². The van der Waals surface area contributed by atoms with Crippen LogP contribution in [0.4, 0.5) is 0 Å². The standard InChI is InChI=1S/C20H36O2/c1-19(11-3-4-12-19)21-15-17-7-9-18(10-8-17)16-22-20(2)13-5-6-14-20/h17-18H,3-16H2,1-2H3. The van der Waals surface area contributed by atoms with Crippen LogP contribution in [0, 0.1) is 11.8 Å². The van der Waals surface area contributed by atoms with Gasteiger partial charge >= 0.3 is 0 Å². The summed E-state index contributed by atoms with van der Waals surface area (Å²) in [5.74, 6) is 1.60. The molecule has 3 aliphatic rings. The summed E-state index contributed by atoms with van der Waals surface area (Å²) in [5, 5.41) is 0. The highest BCUT2D eigenvalue weighted by Gasteiger charge is 2.33. The molecule has 2 nitrogen and oxygen atoms in total. The van der Waals surface area contributed by atoms with E-state index in [1.54, 1.807) is 0 Å². The van der Waals surface area contributed by atoms with Gasteiger partial charge in [0.25, 0.3) is 0 Å². The van der Waals surface area contributed by atoms with Gasteiger partial charge in [-0.25, -0.2) is 0 Å². The summed E-state index contributed by atoms with van der Waals surface area (Å²) < 4.78 is 12.6. The van der Waals surface area contributed by atoms with Crippen LogP contribution in [-0.4, -0.2) is 24.4 Å². The van der Waals surface area contributed by atoms with Gasteiger partial charge < -0.3 is 9.47 Å². The van der Waals surface area contributed by atoms with E-state index in [0.717, 1.165) is 25.0 Å². The summed E-state index contributed by atoms with van der Waals surface area (Å²) in [5.41, 5.74) is 0.411. The molecule has 0 aromatic heterocycles. The monoisotopic (exact) mass is 308 g/mol. The first-order chi connectivity index (χ1) is 10.6. The van der Waals surface area contributed by atoms with E-state index in [1.807, 2.05) is 0 Å². The molecule has 3 fully saturated rings. The van der Waals surface area contributed by atoms with Crippen LogP contribution in [0.25, 0.3) is 0 Å². The number of hydrogen-bond acceptors (Lipinski definition) is 2. The van der Waals surface area contributed by atoms with Gasteiger partial charge in [-0.3, -0.25) is 0 Å². The Hall–Kier alpha value is -0.0800. The fraction of sp³-hybridized carbons (Fsp3) is 1.00. The van der Waals surface area contributed by atoms with E-state index < -0.39 is 0 Å². The molecule has 0 bridgehead atoms. The first-order valence-corrected chi connectivity index (χ1v) is 9.85. The molecule has 0 heterocycles. The van der Waals surface area contributed by atoms with Crippen molar-refractivity contribution in [2.75, 3.05) is 13.2 Å². The predicted octanol–water partition coefficient (Wildman–Crippen LogP) is 5.49. The van der Waals surface area contributed by atoms with E-state index in [4.69, 9.17) is 9.47 Å². The van der Waals surface area contributed by atoms with Crippen LogP contribution in [0.5, 0.6) is 0 Å².